The molecule has 7 heteroatoms. The number of hydrogen-bond acceptors (Lipinski definition) is 5. The van der Waals surface area contributed by atoms with Crippen LogP contribution >= 0.6 is 11.6 Å². The highest BCUT2D eigenvalue weighted by molar-refractivity contribution is 6.28. The summed E-state index contributed by atoms with van der Waals surface area (Å²) in [4.78, 5) is 16.4. The summed E-state index contributed by atoms with van der Waals surface area (Å²) < 4.78 is 1.68. The van der Waals surface area contributed by atoms with Gasteiger partial charge in [-0.05, 0) is 23.6 Å². The van der Waals surface area contributed by atoms with Crippen LogP contribution in [0.2, 0.25) is 5.28 Å². The van der Waals surface area contributed by atoms with Crippen molar-refractivity contribution in [2.24, 2.45) is 0 Å². The highest BCUT2D eigenvalue weighted by atomic mass is 35.5. The Labute approximate surface area is 126 Å². The average Bonchev–Trinajstić information content (AvgIpc) is 3.02. The van der Waals surface area contributed by atoms with Crippen LogP contribution in [0.1, 0.15) is 5.56 Å². The number of halogens is 1. The fraction of sp³-hybridized carbons (Fsp3) is 0.143. The van der Waals surface area contributed by atoms with Crippen molar-refractivity contribution >= 4 is 17.5 Å². The maximum absolute atomic E-state index is 5.93. The Morgan fingerprint density at radius 2 is 1.95 bits per heavy atom. The molecule has 0 atom stereocenters. The molecule has 0 amide bonds. The van der Waals surface area contributed by atoms with E-state index in [-0.39, 0.29) is 5.28 Å². The Kier molecular flexibility index (Phi) is 4.07. The van der Waals surface area contributed by atoms with Crippen LogP contribution in [0.15, 0.2) is 49.1 Å². The molecule has 3 rings (SSSR count). The Morgan fingerprint density at radius 3 is 2.71 bits per heavy atom. The van der Waals surface area contributed by atoms with Gasteiger partial charge in [0.25, 0.3) is 0 Å². The van der Waals surface area contributed by atoms with Crippen molar-refractivity contribution in [1.82, 2.24) is 24.5 Å². The van der Waals surface area contributed by atoms with Gasteiger partial charge in [-0.3, -0.25) is 4.57 Å². The Morgan fingerprint density at radius 1 is 1.10 bits per heavy atom. The monoisotopic (exact) mass is 300 g/mol. The Bertz CT molecular complexity index is 699. The molecular weight excluding hydrogens is 288 g/mol. The molecule has 0 spiro atoms. The molecule has 2 aromatic heterocycles. The second kappa shape index (κ2) is 6.32. The van der Waals surface area contributed by atoms with Crippen LogP contribution in [0.5, 0.6) is 0 Å². The van der Waals surface area contributed by atoms with E-state index < -0.39 is 0 Å². The summed E-state index contributed by atoms with van der Waals surface area (Å²) >= 11 is 5.93. The van der Waals surface area contributed by atoms with E-state index in [9.17, 15) is 0 Å². The van der Waals surface area contributed by atoms with Gasteiger partial charge < -0.3 is 5.32 Å². The first-order valence-corrected chi connectivity index (χ1v) is 6.87. The molecule has 0 aliphatic carbocycles. The van der Waals surface area contributed by atoms with E-state index in [1.807, 2.05) is 18.2 Å². The van der Waals surface area contributed by atoms with Crippen molar-refractivity contribution in [2.45, 2.75) is 6.42 Å². The van der Waals surface area contributed by atoms with Crippen molar-refractivity contribution in [1.29, 1.82) is 0 Å². The number of anilines is 1. The lowest BCUT2D eigenvalue weighted by Crippen LogP contribution is -2.11. The highest BCUT2D eigenvalue weighted by Gasteiger charge is 2.06. The average molecular weight is 301 g/mol. The van der Waals surface area contributed by atoms with Gasteiger partial charge in [0, 0.05) is 18.9 Å². The molecule has 106 valence electrons. The minimum Gasteiger partial charge on any atom is -0.354 e. The van der Waals surface area contributed by atoms with Crippen LogP contribution in [0.25, 0.3) is 5.95 Å². The molecule has 0 fully saturated rings. The summed E-state index contributed by atoms with van der Waals surface area (Å²) in [5, 5.41) is 3.30. The first-order chi connectivity index (χ1) is 10.3. The summed E-state index contributed by atoms with van der Waals surface area (Å²) in [6.45, 7) is 0.716. The molecule has 0 bridgehead atoms. The molecule has 0 radical (unpaired) electrons. The van der Waals surface area contributed by atoms with Gasteiger partial charge in [0.05, 0.1) is 0 Å². The molecule has 3 aromatic rings. The Hall–Kier alpha value is -2.47. The highest BCUT2D eigenvalue weighted by Crippen LogP contribution is 2.09. The molecule has 21 heavy (non-hydrogen) atoms. The van der Waals surface area contributed by atoms with Gasteiger partial charge in [0.2, 0.25) is 17.2 Å². The number of hydrogen-bond donors (Lipinski definition) is 1. The van der Waals surface area contributed by atoms with E-state index in [1.54, 1.807) is 23.3 Å². The number of imidazole rings is 1. The van der Waals surface area contributed by atoms with Gasteiger partial charge in [-0.1, -0.05) is 30.3 Å². The Balaban J connectivity index is 1.68. The van der Waals surface area contributed by atoms with E-state index in [0.717, 1.165) is 6.42 Å². The smallest absolute Gasteiger partial charge is 0.241 e. The first kappa shape index (κ1) is 13.5. The quantitative estimate of drug-likeness (QED) is 0.783. The predicted molar refractivity (Wildman–Crippen MR) is 80.6 cm³/mol. The lowest BCUT2D eigenvalue weighted by atomic mass is 10.1. The van der Waals surface area contributed by atoms with Crippen LogP contribution in [-0.2, 0) is 6.42 Å². The second-order valence-corrected chi connectivity index (χ2v) is 4.70. The second-order valence-electron chi connectivity index (χ2n) is 4.36. The molecule has 0 aliphatic heterocycles. The normalized spacial score (nSPS) is 10.5. The van der Waals surface area contributed by atoms with E-state index in [1.165, 1.54) is 5.56 Å². The zero-order chi connectivity index (χ0) is 14.5. The van der Waals surface area contributed by atoms with E-state index >= 15 is 0 Å². The number of nitrogens with zero attached hydrogens (tertiary/aromatic N) is 5. The molecular formula is C14H13ClN6. The third-order valence-corrected chi connectivity index (χ3v) is 3.04. The number of benzene rings is 1. The van der Waals surface area contributed by atoms with Crippen LogP contribution < -0.4 is 5.32 Å². The molecule has 1 aromatic carbocycles. The molecule has 2 heterocycles. The van der Waals surface area contributed by atoms with Crippen molar-refractivity contribution in [3.63, 3.8) is 0 Å². The maximum atomic E-state index is 5.93. The van der Waals surface area contributed by atoms with Crippen molar-refractivity contribution in [3.05, 3.63) is 59.9 Å². The standard InChI is InChI=1S/C14H13ClN6/c15-12-18-13(17-7-6-11-4-2-1-3-5-11)20-14(19-12)21-9-8-16-10-21/h1-5,8-10H,6-7H2,(H,17,18,19,20). The summed E-state index contributed by atoms with van der Waals surface area (Å²) in [5.74, 6) is 0.893. The lowest BCUT2D eigenvalue weighted by Gasteiger charge is -2.07. The van der Waals surface area contributed by atoms with E-state index in [4.69, 9.17) is 11.6 Å². The van der Waals surface area contributed by atoms with Gasteiger partial charge in [-0.25, -0.2) is 4.98 Å². The largest absolute Gasteiger partial charge is 0.354 e. The van der Waals surface area contributed by atoms with E-state index in [0.29, 0.717) is 18.4 Å². The van der Waals surface area contributed by atoms with Gasteiger partial charge in [0.1, 0.15) is 6.33 Å². The van der Waals surface area contributed by atoms with Gasteiger partial charge in [-0.15, -0.1) is 0 Å². The zero-order valence-electron chi connectivity index (χ0n) is 11.1. The predicted octanol–water partition coefficient (Wildman–Crippen LogP) is 2.37. The van der Waals surface area contributed by atoms with Crippen molar-refractivity contribution in [2.75, 3.05) is 11.9 Å². The minimum absolute atomic E-state index is 0.149. The first-order valence-electron chi connectivity index (χ1n) is 6.49. The number of aromatic nitrogens is 5. The topological polar surface area (TPSA) is 68.5 Å². The van der Waals surface area contributed by atoms with Gasteiger partial charge in [0.15, 0.2) is 0 Å². The summed E-state index contributed by atoms with van der Waals surface area (Å²) in [7, 11) is 0. The van der Waals surface area contributed by atoms with Crippen molar-refractivity contribution < 1.29 is 0 Å². The third-order valence-electron chi connectivity index (χ3n) is 2.87. The number of rotatable bonds is 5. The summed E-state index contributed by atoms with van der Waals surface area (Å²) in [6, 6.07) is 10.2. The van der Waals surface area contributed by atoms with Crippen LogP contribution in [0.4, 0.5) is 5.95 Å². The molecule has 0 aliphatic rings. The van der Waals surface area contributed by atoms with Gasteiger partial charge in [-0.2, -0.15) is 15.0 Å². The van der Waals surface area contributed by atoms with Crippen LogP contribution in [-0.4, -0.2) is 31.0 Å². The third kappa shape index (κ3) is 3.55. The summed E-state index contributed by atoms with van der Waals surface area (Å²) in [6.07, 6.45) is 5.89. The van der Waals surface area contributed by atoms with Crippen LogP contribution in [0.3, 0.4) is 0 Å². The van der Waals surface area contributed by atoms with Gasteiger partial charge >= 0.3 is 0 Å². The fourth-order valence-corrected chi connectivity index (χ4v) is 2.03. The zero-order valence-corrected chi connectivity index (χ0v) is 11.9. The minimum atomic E-state index is 0.149. The fourth-order valence-electron chi connectivity index (χ4n) is 1.87. The number of nitrogens with one attached hydrogen (secondary N) is 1. The molecule has 0 saturated heterocycles. The van der Waals surface area contributed by atoms with Crippen molar-refractivity contribution in [3.8, 4) is 5.95 Å². The SMILES string of the molecule is Clc1nc(NCCc2ccccc2)nc(-n2ccnc2)n1. The molecule has 6 nitrogen and oxygen atoms in total. The molecule has 0 unspecified atom stereocenters. The van der Waals surface area contributed by atoms with E-state index in [2.05, 4.69) is 37.4 Å². The van der Waals surface area contributed by atoms with Crippen LogP contribution in [0, 0.1) is 0 Å². The lowest BCUT2D eigenvalue weighted by molar-refractivity contribution is 0.883. The molecule has 0 saturated carbocycles. The maximum Gasteiger partial charge on any atom is 0.241 e. The summed E-state index contributed by atoms with van der Waals surface area (Å²) in [5.41, 5.74) is 1.25. The molecule has 1 N–H and O–H groups in total.